The molecule has 5 rings (SSSR count). The molecule has 0 unspecified atom stereocenters. The lowest BCUT2D eigenvalue weighted by Gasteiger charge is -2.12. The summed E-state index contributed by atoms with van der Waals surface area (Å²) in [6.07, 6.45) is 2.21. The summed E-state index contributed by atoms with van der Waals surface area (Å²) in [4.78, 5) is 13.4. The maximum Gasteiger partial charge on any atom is 0.331 e. The van der Waals surface area contributed by atoms with Gasteiger partial charge in [0.05, 0.1) is 18.8 Å². The lowest BCUT2D eigenvalue weighted by Crippen LogP contribution is -2.26. The number of nitrogens with one attached hydrogen (secondary N) is 1. The normalized spacial score (nSPS) is 11.2. The molecule has 0 aliphatic heterocycles. The molecule has 0 saturated carbocycles. The second kappa shape index (κ2) is 10.5. The van der Waals surface area contributed by atoms with E-state index >= 15 is 4.39 Å². The molecule has 0 amide bonds. The van der Waals surface area contributed by atoms with E-state index in [1.54, 1.807) is 4.57 Å². The fraction of sp³-hybridized carbons (Fsp3) is 0.214. The zero-order chi connectivity index (χ0) is 24.9. The van der Waals surface area contributed by atoms with Crippen LogP contribution in [0.3, 0.4) is 0 Å². The quantitative estimate of drug-likeness (QED) is 0.318. The Hall–Kier alpha value is -4.33. The standard InChI is InChI=1S/C28H27FN6O/c1-2-3-14-25-26(29)35(18-20-10-6-4-7-11-20)28(36)34(25)19-21-15-16-23(22-12-8-5-9-13-22)24(17-21)27-30-32-33-31-27/h4-13,15-17H,2-3,14,18-19H2,1H3,(H,30,31,32,33). The van der Waals surface area contributed by atoms with Crippen molar-refractivity contribution in [3.63, 3.8) is 0 Å². The van der Waals surface area contributed by atoms with Crippen LogP contribution in [0.15, 0.2) is 83.7 Å². The first-order valence-corrected chi connectivity index (χ1v) is 12.1. The number of rotatable bonds is 9. The molecule has 8 heteroatoms. The maximum atomic E-state index is 15.6. The van der Waals surface area contributed by atoms with E-state index in [0.717, 1.165) is 40.7 Å². The fourth-order valence-electron chi connectivity index (χ4n) is 4.46. The van der Waals surface area contributed by atoms with Crippen LogP contribution in [0, 0.1) is 5.95 Å². The van der Waals surface area contributed by atoms with Gasteiger partial charge in [0.1, 0.15) is 0 Å². The molecular weight excluding hydrogens is 455 g/mol. The Morgan fingerprint density at radius 2 is 1.58 bits per heavy atom. The van der Waals surface area contributed by atoms with Crippen molar-refractivity contribution < 1.29 is 4.39 Å². The molecule has 1 N–H and O–H groups in total. The van der Waals surface area contributed by atoms with E-state index in [1.807, 2.05) is 78.9 Å². The number of hydrogen-bond acceptors (Lipinski definition) is 4. The van der Waals surface area contributed by atoms with Crippen molar-refractivity contribution >= 4 is 0 Å². The van der Waals surface area contributed by atoms with Gasteiger partial charge in [-0.15, -0.1) is 10.2 Å². The molecule has 2 heterocycles. The molecule has 182 valence electrons. The van der Waals surface area contributed by atoms with Crippen LogP contribution in [0.5, 0.6) is 0 Å². The molecule has 0 aliphatic rings. The van der Waals surface area contributed by atoms with Crippen molar-refractivity contribution in [1.82, 2.24) is 29.8 Å². The third kappa shape index (κ3) is 4.75. The highest BCUT2D eigenvalue weighted by molar-refractivity contribution is 5.80. The monoisotopic (exact) mass is 482 g/mol. The van der Waals surface area contributed by atoms with E-state index in [-0.39, 0.29) is 18.8 Å². The van der Waals surface area contributed by atoms with Crippen LogP contribution < -0.4 is 5.69 Å². The van der Waals surface area contributed by atoms with Crippen molar-refractivity contribution in [2.24, 2.45) is 0 Å². The first-order chi connectivity index (χ1) is 17.7. The minimum absolute atomic E-state index is 0.193. The molecule has 0 aliphatic carbocycles. The lowest BCUT2D eigenvalue weighted by atomic mass is 9.97. The van der Waals surface area contributed by atoms with Crippen molar-refractivity contribution in [3.05, 3.63) is 112 Å². The van der Waals surface area contributed by atoms with Crippen LogP contribution in [0.2, 0.25) is 0 Å². The summed E-state index contributed by atoms with van der Waals surface area (Å²) in [6.45, 7) is 2.50. The third-order valence-corrected chi connectivity index (χ3v) is 6.31. The Kier molecular flexibility index (Phi) is 6.84. The van der Waals surface area contributed by atoms with Gasteiger partial charge in [-0.3, -0.25) is 9.13 Å². The number of aromatic nitrogens is 6. The summed E-state index contributed by atoms with van der Waals surface area (Å²) in [6, 6.07) is 25.3. The van der Waals surface area contributed by atoms with Crippen LogP contribution in [-0.2, 0) is 19.5 Å². The highest BCUT2D eigenvalue weighted by Crippen LogP contribution is 2.31. The number of benzene rings is 3. The highest BCUT2D eigenvalue weighted by Gasteiger charge is 2.21. The summed E-state index contributed by atoms with van der Waals surface area (Å²) in [5, 5.41) is 14.6. The van der Waals surface area contributed by atoms with E-state index in [1.165, 1.54) is 4.57 Å². The van der Waals surface area contributed by atoms with Crippen molar-refractivity contribution in [3.8, 4) is 22.5 Å². The molecule has 0 atom stereocenters. The topological polar surface area (TPSA) is 81.4 Å². The van der Waals surface area contributed by atoms with E-state index < -0.39 is 5.95 Å². The van der Waals surface area contributed by atoms with Crippen LogP contribution in [-0.4, -0.2) is 29.8 Å². The largest absolute Gasteiger partial charge is 0.331 e. The maximum absolute atomic E-state index is 15.6. The third-order valence-electron chi connectivity index (χ3n) is 6.31. The summed E-state index contributed by atoms with van der Waals surface area (Å²) in [5.41, 5.74) is 4.58. The van der Waals surface area contributed by atoms with Crippen molar-refractivity contribution in [1.29, 1.82) is 0 Å². The molecule has 36 heavy (non-hydrogen) atoms. The Balaban J connectivity index is 1.56. The summed E-state index contributed by atoms with van der Waals surface area (Å²) in [7, 11) is 0. The van der Waals surface area contributed by atoms with Crippen LogP contribution in [0.25, 0.3) is 22.5 Å². The van der Waals surface area contributed by atoms with Crippen LogP contribution >= 0.6 is 0 Å². The number of hydrogen-bond donors (Lipinski definition) is 1. The van der Waals surface area contributed by atoms with Gasteiger partial charge in [0, 0.05) is 5.56 Å². The number of H-pyrrole nitrogens is 1. The minimum Gasteiger partial charge on any atom is -0.289 e. The summed E-state index contributed by atoms with van der Waals surface area (Å²) >= 11 is 0. The van der Waals surface area contributed by atoms with Gasteiger partial charge >= 0.3 is 5.69 Å². The fourth-order valence-corrected chi connectivity index (χ4v) is 4.46. The van der Waals surface area contributed by atoms with Crippen LogP contribution in [0.1, 0.15) is 36.6 Å². The van der Waals surface area contributed by atoms with Gasteiger partial charge in [-0.05, 0) is 46.4 Å². The zero-order valence-corrected chi connectivity index (χ0v) is 20.1. The summed E-state index contributed by atoms with van der Waals surface area (Å²) in [5.74, 6) is -0.00122. The molecule has 0 saturated heterocycles. The Bertz CT molecular complexity index is 1490. The molecule has 0 fully saturated rings. The predicted octanol–water partition coefficient (Wildman–Crippen LogP) is 5.08. The van der Waals surface area contributed by atoms with Gasteiger partial charge in [-0.2, -0.15) is 9.60 Å². The number of halogens is 1. The predicted molar refractivity (Wildman–Crippen MR) is 137 cm³/mol. The minimum atomic E-state index is -0.461. The molecule has 3 aromatic carbocycles. The summed E-state index contributed by atoms with van der Waals surface area (Å²) < 4.78 is 18.4. The smallest absolute Gasteiger partial charge is 0.289 e. The molecule has 7 nitrogen and oxygen atoms in total. The van der Waals surface area contributed by atoms with Gasteiger partial charge in [-0.1, -0.05) is 86.1 Å². The van der Waals surface area contributed by atoms with Gasteiger partial charge < -0.3 is 0 Å². The molecule has 0 spiro atoms. The average Bonchev–Trinajstić information content (AvgIpc) is 3.53. The zero-order valence-electron chi connectivity index (χ0n) is 20.1. The first kappa shape index (κ1) is 23.4. The van der Waals surface area contributed by atoms with Gasteiger partial charge in [0.25, 0.3) is 0 Å². The highest BCUT2D eigenvalue weighted by atomic mass is 19.1. The SMILES string of the molecule is CCCCc1c(F)n(Cc2ccccc2)c(=O)n1Cc1ccc(-c2ccccc2)c(-c2nn[nH]n2)c1. The molecule has 2 aromatic heterocycles. The number of imidazole rings is 1. The Labute approximate surface area is 208 Å². The van der Waals surface area contributed by atoms with E-state index in [9.17, 15) is 4.79 Å². The number of unbranched alkanes of at least 4 members (excludes halogenated alkanes) is 1. The van der Waals surface area contributed by atoms with Gasteiger partial charge in [-0.25, -0.2) is 4.79 Å². The van der Waals surface area contributed by atoms with Crippen LogP contribution in [0.4, 0.5) is 4.39 Å². The van der Waals surface area contributed by atoms with Crippen molar-refractivity contribution in [2.75, 3.05) is 0 Å². The number of aromatic amines is 1. The molecule has 0 bridgehead atoms. The lowest BCUT2D eigenvalue weighted by molar-refractivity contribution is 0.496. The molecule has 0 radical (unpaired) electrons. The van der Waals surface area contributed by atoms with E-state index in [2.05, 4.69) is 27.5 Å². The molecular formula is C28H27FN6O. The first-order valence-electron chi connectivity index (χ1n) is 12.1. The van der Waals surface area contributed by atoms with E-state index in [4.69, 9.17) is 0 Å². The van der Waals surface area contributed by atoms with Gasteiger partial charge in [0.15, 0.2) is 0 Å². The Morgan fingerprint density at radius 3 is 2.28 bits per heavy atom. The molecule has 5 aromatic rings. The second-order valence-electron chi connectivity index (χ2n) is 8.76. The van der Waals surface area contributed by atoms with Crippen molar-refractivity contribution in [2.45, 2.75) is 39.3 Å². The van der Waals surface area contributed by atoms with E-state index in [0.29, 0.717) is 17.9 Å². The second-order valence-corrected chi connectivity index (χ2v) is 8.76. The van der Waals surface area contributed by atoms with Gasteiger partial charge in [0.2, 0.25) is 11.8 Å². The number of tetrazole rings is 1. The Morgan fingerprint density at radius 1 is 0.861 bits per heavy atom. The average molecular weight is 483 g/mol. The number of nitrogens with zero attached hydrogens (tertiary/aromatic N) is 5.